The molecular weight excluding hydrogens is 279 g/mol. The second kappa shape index (κ2) is 5.58. The highest BCUT2D eigenvalue weighted by Crippen LogP contribution is 2.25. The van der Waals surface area contributed by atoms with Crippen LogP contribution in [-0.4, -0.2) is 16.2 Å². The molecule has 0 fully saturated rings. The predicted octanol–water partition coefficient (Wildman–Crippen LogP) is 4.30. The Bertz CT molecular complexity index is 537. The van der Waals surface area contributed by atoms with Crippen molar-refractivity contribution < 1.29 is 4.74 Å². The number of halogens is 2. The van der Waals surface area contributed by atoms with Crippen molar-refractivity contribution in [1.29, 1.82) is 0 Å². The maximum Gasteiger partial charge on any atom is 0.224 e. The molecule has 1 aromatic carbocycles. The van der Waals surface area contributed by atoms with Gasteiger partial charge < -0.3 is 4.74 Å². The van der Waals surface area contributed by atoms with Crippen LogP contribution in [0.25, 0.3) is 0 Å². The number of hydrogen-bond donors (Lipinski definition) is 0. The maximum atomic E-state index is 5.86. The average Bonchev–Trinajstić information content (AvgIpc) is 2.28. The SMILES string of the molecule is CSc1nc(Cl)cc(Oc2cccc(Cl)c2)n1. The van der Waals surface area contributed by atoms with Crippen LogP contribution in [-0.2, 0) is 0 Å². The molecule has 0 aliphatic rings. The molecule has 0 bridgehead atoms. The fourth-order valence-corrected chi connectivity index (χ4v) is 1.95. The minimum absolute atomic E-state index is 0.348. The molecule has 0 radical (unpaired) electrons. The lowest BCUT2D eigenvalue weighted by Crippen LogP contribution is -1.92. The van der Waals surface area contributed by atoms with Crippen molar-refractivity contribution in [2.75, 3.05) is 6.26 Å². The Morgan fingerprint density at radius 3 is 2.71 bits per heavy atom. The van der Waals surface area contributed by atoms with Gasteiger partial charge in [0.25, 0.3) is 0 Å². The maximum absolute atomic E-state index is 5.86. The van der Waals surface area contributed by atoms with Crippen LogP contribution in [0.5, 0.6) is 11.6 Å². The highest BCUT2D eigenvalue weighted by atomic mass is 35.5. The molecule has 1 aromatic heterocycles. The van der Waals surface area contributed by atoms with Gasteiger partial charge >= 0.3 is 0 Å². The minimum atomic E-state index is 0.348. The van der Waals surface area contributed by atoms with E-state index in [-0.39, 0.29) is 0 Å². The summed E-state index contributed by atoms with van der Waals surface area (Å²) in [4.78, 5) is 8.20. The molecule has 0 saturated heterocycles. The molecule has 3 nitrogen and oxygen atoms in total. The Kier molecular flexibility index (Phi) is 4.10. The number of thioether (sulfide) groups is 1. The highest BCUT2D eigenvalue weighted by Gasteiger charge is 2.05. The van der Waals surface area contributed by atoms with Gasteiger partial charge in [0.05, 0.1) is 0 Å². The lowest BCUT2D eigenvalue weighted by Gasteiger charge is -2.06. The minimum Gasteiger partial charge on any atom is -0.439 e. The molecule has 0 aliphatic carbocycles. The van der Waals surface area contributed by atoms with Crippen molar-refractivity contribution in [1.82, 2.24) is 9.97 Å². The van der Waals surface area contributed by atoms with Crippen LogP contribution < -0.4 is 4.74 Å². The smallest absolute Gasteiger partial charge is 0.224 e. The third-order valence-electron chi connectivity index (χ3n) is 1.85. The summed E-state index contributed by atoms with van der Waals surface area (Å²) in [5.74, 6) is 1.01. The summed E-state index contributed by atoms with van der Waals surface area (Å²) >= 11 is 13.1. The van der Waals surface area contributed by atoms with Crippen LogP contribution in [0.3, 0.4) is 0 Å². The molecule has 0 amide bonds. The molecule has 2 rings (SSSR count). The summed E-state index contributed by atoms with van der Waals surface area (Å²) in [6, 6.07) is 8.63. The molecule has 0 atom stereocenters. The van der Waals surface area contributed by atoms with Crippen molar-refractivity contribution in [3.05, 3.63) is 40.5 Å². The van der Waals surface area contributed by atoms with E-state index in [2.05, 4.69) is 9.97 Å². The molecule has 0 spiro atoms. The first-order valence-electron chi connectivity index (χ1n) is 4.69. The van der Waals surface area contributed by atoms with Crippen LogP contribution in [0.1, 0.15) is 0 Å². The van der Waals surface area contributed by atoms with E-state index >= 15 is 0 Å². The number of hydrogen-bond acceptors (Lipinski definition) is 4. The third kappa shape index (κ3) is 3.49. The van der Waals surface area contributed by atoms with Gasteiger partial charge in [-0.05, 0) is 24.5 Å². The Labute approximate surface area is 113 Å². The van der Waals surface area contributed by atoms with E-state index in [1.807, 2.05) is 6.26 Å². The molecule has 0 N–H and O–H groups in total. The summed E-state index contributed by atoms with van der Waals surface area (Å²) in [6.45, 7) is 0. The zero-order valence-corrected chi connectivity index (χ0v) is 11.2. The van der Waals surface area contributed by atoms with E-state index in [1.54, 1.807) is 30.3 Å². The van der Waals surface area contributed by atoms with Gasteiger partial charge in [-0.15, -0.1) is 0 Å². The number of nitrogens with zero attached hydrogens (tertiary/aromatic N) is 2. The topological polar surface area (TPSA) is 35.0 Å². The standard InChI is InChI=1S/C11H8Cl2N2OS/c1-17-11-14-9(13)6-10(15-11)16-8-4-2-3-7(12)5-8/h2-6H,1H3. The lowest BCUT2D eigenvalue weighted by atomic mass is 10.3. The Morgan fingerprint density at radius 1 is 1.18 bits per heavy atom. The van der Waals surface area contributed by atoms with Gasteiger partial charge in [0, 0.05) is 11.1 Å². The van der Waals surface area contributed by atoms with Gasteiger partial charge in [-0.3, -0.25) is 0 Å². The van der Waals surface area contributed by atoms with E-state index in [1.165, 1.54) is 11.8 Å². The summed E-state index contributed by atoms with van der Waals surface area (Å²) in [6.07, 6.45) is 1.87. The zero-order chi connectivity index (χ0) is 12.3. The molecular formula is C11H8Cl2N2OS. The van der Waals surface area contributed by atoms with Crippen molar-refractivity contribution in [2.24, 2.45) is 0 Å². The highest BCUT2D eigenvalue weighted by molar-refractivity contribution is 7.98. The van der Waals surface area contributed by atoms with E-state index in [9.17, 15) is 0 Å². The van der Waals surface area contributed by atoms with E-state index < -0.39 is 0 Å². The summed E-state index contributed by atoms with van der Waals surface area (Å²) < 4.78 is 5.55. The Hall–Kier alpha value is -0.970. The van der Waals surface area contributed by atoms with E-state index in [0.29, 0.717) is 27.0 Å². The van der Waals surface area contributed by atoms with Crippen LogP contribution in [0.4, 0.5) is 0 Å². The van der Waals surface area contributed by atoms with Crippen LogP contribution in [0.15, 0.2) is 35.5 Å². The van der Waals surface area contributed by atoms with E-state index in [4.69, 9.17) is 27.9 Å². The first-order valence-corrected chi connectivity index (χ1v) is 6.67. The predicted molar refractivity (Wildman–Crippen MR) is 70.3 cm³/mol. The molecule has 88 valence electrons. The first-order chi connectivity index (χ1) is 8.17. The van der Waals surface area contributed by atoms with Crippen LogP contribution >= 0.6 is 35.0 Å². The van der Waals surface area contributed by atoms with Crippen molar-refractivity contribution in [3.8, 4) is 11.6 Å². The van der Waals surface area contributed by atoms with Gasteiger partial charge in [-0.2, -0.15) is 4.98 Å². The quantitative estimate of drug-likeness (QED) is 0.479. The fourth-order valence-electron chi connectivity index (χ4n) is 1.17. The van der Waals surface area contributed by atoms with Gasteiger partial charge in [0.15, 0.2) is 5.16 Å². The molecule has 0 unspecified atom stereocenters. The van der Waals surface area contributed by atoms with Crippen molar-refractivity contribution >= 4 is 35.0 Å². The Morgan fingerprint density at radius 2 is 2.00 bits per heavy atom. The van der Waals surface area contributed by atoms with Gasteiger partial charge in [-0.1, -0.05) is 41.0 Å². The zero-order valence-electron chi connectivity index (χ0n) is 8.85. The summed E-state index contributed by atoms with van der Waals surface area (Å²) in [5, 5.41) is 1.52. The second-order valence-corrected chi connectivity index (χ2v) is 4.67. The number of aromatic nitrogens is 2. The van der Waals surface area contributed by atoms with E-state index in [0.717, 1.165) is 0 Å². The van der Waals surface area contributed by atoms with Crippen molar-refractivity contribution in [2.45, 2.75) is 5.16 Å². The van der Waals surface area contributed by atoms with Crippen molar-refractivity contribution in [3.63, 3.8) is 0 Å². The van der Waals surface area contributed by atoms with Gasteiger partial charge in [0.2, 0.25) is 5.88 Å². The van der Waals surface area contributed by atoms with Gasteiger partial charge in [0.1, 0.15) is 10.9 Å². The van der Waals surface area contributed by atoms with Crippen LogP contribution in [0.2, 0.25) is 10.2 Å². The molecule has 0 saturated carbocycles. The van der Waals surface area contributed by atoms with Gasteiger partial charge in [-0.25, -0.2) is 4.98 Å². The molecule has 2 aromatic rings. The fraction of sp³-hybridized carbons (Fsp3) is 0.0909. The summed E-state index contributed by atoms with van der Waals surface area (Å²) in [5.41, 5.74) is 0. The number of benzene rings is 1. The molecule has 6 heteroatoms. The normalized spacial score (nSPS) is 10.3. The largest absolute Gasteiger partial charge is 0.439 e. The molecule has 0 aliphatic heterocycles. The average molecular weight is 287 g/mol. The molecule has 17 heavy (non-hydrogen) atoms. The molecule has 1 heterocycles. The Balaban J connectivity index is 2.26. The first kappa shape index (κ1) is 12.5. The number of ether oxygens (including phenoxy) is 1. The second-order valence-electron chi connectivity index (χ2n) is 3.08. The van der Waals surface area contributed by atoms with Crippen LogP contribution in [0, 0.1) is 0 Å². The third-order valence-corrected chi connectivity index (χ3v) is 2.83. The summed E-state index contributed by atoms with van der Waals surface area (Å²) in [7, 11) is 0. The monoisotopic (exact) mass is 286 g/mol. The number of rotatable bonds is 3. The lowest BCUT2D eigenvalue weighted by molar-refractivity contribution is 0.455.